The van der Waals surface area contributed by atoms with Gasteiger partial charge in [0.1, 0.15) is 0 Å². The van der Waals surface area contributed by atoms with Crippen molar-refractivity contribution in [3.05, 3.63) is 0 Å². The number of amides is 2. The average molecular weight is 213 g/mol. The zero-order valence-electron chi connectivity index (χ0n) is 9.94. The quantitative estimate of drug-likeness (QED) is 0.690. The van der Waals surface area contributed by atoms with Crippen LogP contribution < -0.4 is 0 Å². The molecule has 1 saturated heterocycles. The highest BCUT2D eigenvalue weighted by Crippen LogP contribution is 2.32. The Morgan fingerprint density at radius 2 is 1.53 bits per heavy atom. The van der Waals surface area contributed by atoms with Gasteiger partial charge in [0.05, 0.1) is 11.6 Å². The van der Waals surface area contributed by atoms with E-state index in [1.165, 1.54) is 4.90 Å². The summed E-state index contributed by atoms with van der Waals surface area (Å²) in [6.07, 6.45) is -0.733. The third-order valence-electron chi connectivity index (χ3n) is 3.57. The molecule has 1 heterocycles. The van der Waals surface area contributed by atoms with Gasteiger partial charge in [0.2, 0.25) is 11.8 Å². The highest BCUT2D eigenvalue weighted by Gasteiger charge is 2.50. The summed E-state index contributed by atoms with van der Waals surface area (Å²) in [4.78, 5) is 25.0. The number of rotatable bonds is 2. The van der Waals surface area contributed by atoms with Crippen molar-refractivity contribution in [1.82, 2.24) is 4.90 Å². The van der Waals surface area contributed by atoms with E-state index in [1.54, 1.807) is 34.6 Å². The maximum Gasteiger partial charge on any atom is 0.233 e. The number of carbonyl (C=O) groups is 2. The molecule has 0 aromatic carbocycles. The lowest BCUT2D eigenvalue weighted by Crippen LogP contribution is -2.54. The molecule has 3 atom stereocenters. The normalized spacial score (nSPS) is 29.9. The van der Waals surface area contributed by atoms with Crippen LogP contribution in [-0.4, -0.2) is 33.5 Å². The molecule has 4 heteroatoms. The van der Waals surface area contributed by atoms with Crippen LogP contribution in [0.2, 0.25) is 0 Å². The third kappa shape index (κ3) is 1.67. The number of hydrogen-bond acceptors (Lipinski definition) is 3. The van der Waals surface area contributed by atoms with Gasteiger partial charge in [0, 0.05) is 11.8 Å². The second-order valence-corrected chi connectivity index (χ2v) is 4.92. The van der Waals surface area contributed by atoms with E-state index in [4.69, 9.17) is 0 Å². The van der Waals surface area contributed by atoms with Crippen molar-refractivity contribution in [1.29, 1.82) is 0 Å². The SMILES string of the molecule is CC1C(=O)N(C(C)(C)C(C)O)C(=O)C1C. The van der Waals surface area contributed by atoms with Crippen LogP contribution in [0.5, 0.6) is 0 Å². The summed E-state index contributed by atoms with van der Waals surface area (Å²) in [5.41, 5.74) is -0.826. The van der Waals surface area contributed by atoms with Gasteiger partial charge >= 0.3 is 0 Å². The molecular formula is C11H19NO3. The van der Waals surface area contributed by atoms with Crippen molar-refractivity contribution in [3.63, 3.8) is 0 Å². The molecule has 1 aliphatic rings. The topological polar surface area (TPSA) is 57.6 Å². The Bertz CT molecular complexity index is 276. The minimum Gasteiger partial charge on any atom is -0.391 e. The molecule has 15 heavy (non-hydrogen) atoms. The van der Waals surface area contributed by atoms with Crippen molar-refractivity contribution in [2.75, 3.05) is 0 Å². The molecule has 1 N–H and O–H groups in total. The van der Waals surface area contributed by atoms with Crippen molar-refractivity contribution in [2.24, 2.45) is 11.8 Å². The first-order valence-corrected chi connectivity index (χ1v) is 5.27. The summed E-state index contributed by atoms with van der Waals surface area (Å²) in [5, 5.41) is 9.60. The van der Waals surface area contributed by atoms with Crippen LogP contribution in [0.25, 0.3) is 0 Å². The van der Waals surface area contributed by atoms with E-state index >= 15 is 0 Å². The van der Waals surface area contributed by atoms with Gasteiger partial charge in [0.15, 0.2) is 0 Å². The highest BCUT2D eigenvalue weighted by atomic mass is 16.3. The van der Waals surface area contributed by atoms with Crippen LogP contribution in [0.4, 0.5) is 0 Å². The Kier molecular flexibility index (Phi) is 2.92. The molecule has 0 aromatic heterocycles. The van der Waals surface area contributed by atoms with Gasteiger partial charge in [-0.25, -0.2) is 0 Å². The Labute approximate surface area is 90.3 Å². The number of nitrogens with zero attached hydrogens (tertiary/aromatic N) is 1. The second-order valence-electron chi connectivity index (χ2n) is 4.92. The molecule has 0 aromatic rings. The summed E-state index contributed by atoms with van der Waals surface area (Å²) in [5.74, 6) is -0.928. The smallest absolute Gasteiger partial charge is 0.233 e. The van der Waals surface area contributed by atoms with Crippen molar-refractivity contribution < 1.29 is 14.7 Å². The predicted octanol–water partition coefficient (Wildman–Crippen LogP) is 0.787. The number of hydrogen-bond donors (Lipinski definition) is 1. The van der Waals surface area contributed by atoms with E-state index in [0.29, 0.717) is 0 Å². The Balaban J connectivity index is 3.07. The molecule has 4 nitrogen and oxygen atoms in total. The largest absolute Gasteiger partial charge is 0.391 e. The van der Waals surface area contributed by atoms with Gasteiger partial charge in [-0.1, -0.05) is 13.8 Å². The number of aliphatic hydroxyl groups is 1. The Morgan fingerprint density at radius 3 is 1.80 bits per heavy atom. The van der Waals surface area contributed by atoms with Crippen LogP contribution in [0, 0.1) is 11.8 Å². The molecule has 0 radical (unpaired) electrons. The number of likely N-dealkylation sites (tertiary alicyclic amines) is 1. The lowest BCUT2D eigenvalue weighted by molar-refractivity contribution is -0.150. The zero-order valence-corrected chi connectivity index (χ0v) is 9.94. The van der Waals surface area contributed by atoms with E-state index in [1.807, 2.05) is 0 Å². The first-order chi connectivity index (χ1) is 6.71. The molecular weight excluding hydrogens is 194 g/mol. The van der Waals surface area contributed by atoms with Crippen LogP contribution in [-0.2, 0) is 9.59 Å². The summed E-state index contributed by atoms with van der Waals surface area (Å²) in [6, 6.07) is 0. The van der Waals surface area contributed by atoms with Crippen LogP contribution >= 0.6 is 0 Å². The van der Waals surface area contributed by atoms with Gasteiger partial charge in [-0.05, 0) is 20.8 Å². The van der Waals surface area contributed by atoms with E-state index in [0.717, 1.165) is 0 Å². The molecule has 2 amide bonds. The molecule has 1 rings (SSSR count). The summed E-state index contributed by atoms with van der Waals surface area (Å²) in [7, 11) is 0. The van der Waals surface area contributed by atoms with Gasteiger partial charge in [-0.3, -0.25) is 14.5 Å². The third-order valence-corrected chi connectivity index (χ3v) is 3.57. The minimum absolute atomic E-state index is 0.182. The summed E-state index contributed by atoms with van der Waals surface area (Å²) < 4.78 is 0. The maximum atomic E-state index is 11.9. The van der Waals surface area contributed by atoms with Crippen LogP contribution in [0.3, 0.4) is 0 Å². The van der Waals surface area contributed by atoms with Gasteiger partial charge in [0.25, 0.3) is 0 Å². The first kappa shape index (κ1) is 12.2. The van der Waals surface area contributed by atoms with E-state index in [9.17, 15) is 14.7 Å². The minimum atomic E-state index is -0.826. The molecule has 0 aliphatic carbocycles. The van der Waals surface area contributed by atoms with Crippen LogP contribution in [0.1, 0.15) is 34.6 Å². The monoisotopic (exact) mass is 213 g/mol. The molecule has 1 aliphatic heterocycles. The summed E-state index contributed by atoms with van der Waals surface area (Å²) in [6.45, 7) is 8.51. The van der Waals surface area contributed by atoms with Crippen molar-refractivity contribution in [2.45, 2.75) is 46.3 Å². The molecule has 1 fully saturated rings. The number of imide groups is 1. The standard InChI is InChI=1S/C11H19NO3/c1-6-7(2)10(15)12(9(6)14)11(4,5)8(3)13/h6-8,13H,1-5H3. The Hall–Kier alpha value is -0.900. The maximum absolute atomic E-state index is 11.9. The van der Waals surface area contributed by atoms with E-state index in [-0.39, 0.29) is 23.7 Å². The van der Waals surface area contributed by atoms with Gasteiger partial charge < -0.3 is 5.11 Å². The summed E-state index contributed by atoms with van der Waals surface area (Å²) >= 11 is 0. The second kappa shape index (κ2) is 3.59. The Morgan fingerprint density at radius 1 is 1.20 bits per heavy atom. The molecule has 3 unspecified atom stereocenters. The van der Waals surface area contributed by atoms with Crippen molar-refractivity contribution >= 4 is 11.8 Å². The van der Waals surface area contributed by atoms with Crippen LogP contribution in [0.15, 0.2) is 0 Å². The fourth-order valence-electron chi connectivity index (χ4n) is 1.70. The molecule has 0 bridgehead atoms. The zero-order chi connectivity index (χ0) is 12.0. The van der Waals surface area contributed by atoms with Gasteiger partial charge in [-0.15, -0.1) is 0 Å². The molecule has 0 saturated carbocycles. The fraction of sp³-hybridized carbons (Fsp3) is 0.818. The average Bonchev–Trinajstić information content (AvgIpc) is 2.31. The number of carbonyl (C=O) groups excluding carboxylic acids is 2. The van der Waals surface area contributed by atoms with E-state index < -0.39 is 11.6 Å². The fourth-order valence-corrected chi connectivity index (χ4v) is 1.70. The predicted molar refractivity (Wildman–Crippen MR) is 55.9 cm³/mol. The first-order valence-electron chi connectivity index (χ1n) is 5.27. The molecule has 86 valence electrons. The lowest BCUT2D eigenvalue weighted by Gasteiger charge is -2.36. The number of aliphatic hydroxyl groups excluding tert-OH is 1. The highest BCUT2D eigenvalue weighted by molar-refractivity contribution is 6.05. The van der Waals surface area contributed by atoms with Gasteiger partial charge in [-0.2, -0.15) is 0 Å². The lowest BCUT2D eigenvalue weighted by atomic mass is 9.96. The van der Waals surface area contributed by atoms with Crippen molar-refractivity contribution in [3.8, 4) is 0 Å². The molecule has 0 spiro atoms. The van der Waals surface area contributed by atoms with E-state index in [2.05, 4.69) is 0 Å².